The number of anilines is 2. The Kier molecular flexibility index (Phi) is 4.52. The molecular weight excluding hydrogens is 335 g/mol. The third-order valence-corrected chi connectivity index (χ3v) is 3.70. The van der Waals surface area contributed by atoms with Crippen LogP contribution >= 0.6 is 0 Å². The van der Waals surface area contributed by atoms with Gasteiger partial charge in [-0.15, -0.1) is 13.2 Å². The average molecular weight is 351 g/mol. The Balaban J connectivity index is 1.83. The van der Waals surface area contributed by atoms with Crippen LogP contribution in [0.3, 0.4) is 0 Å². The Morgan fingerprint density at radius 3 is 2.32 bits per heavy atom. The summed E-state index contributed by atoms with van der Waals surface area (Å²) in [4.78, 5) is 16.2. The van der Waals surface area contributed by atoms with E-state index in [0.717, 1.165) is 12.8 Å². The molecule has 1 aliphatic carbocycles. The fraction of sp³-hybridized carbons (Fsp3) is 0.294. The van der Waals surface area contributed by atoms with Crippen LogP contribution in [0, 0.1) is 5.92 Å². The van der Waals surface area contributed by atoms with Crippen molar-refractivity contribution in [2.24, 2.45) is 5.92 Å². The zero-order valence-corrected chi connectivity index (χ0v) is 13.4. The van der Waals surface area contributed by atoms with Crippen LogP contribution in [0.1, 0.15) is 12.8 Å². The zero-order valence-electron chi connectivity index (χ0n) is 13.4. The Morgan fingerprint density at radius 2 is 1.76 bits per heavy atom. The quantitative estimate of drug-likeness (QED) is 0.853. The highest BCUT2D eigenvalue weighted by Gasteiger charge is 2.31. The summed E-state index contributed by atoms with van der Waals surface area (Å²) in [5.74, 6) is 0.623. The number of nitrogens with zero attached hydrogens (tertiary/aromatic N) is 1. The van der Waals surface area contributed by atoms with Crippen LogP contribution in [0.4, 0.5) is 24.8 Å². The zero-order chi connectivity index (χ0) is 18.0. The van der Waals surface area contributed by atoms with Crippen LogP contribution < -0.4 is 15.4 Å². The monoisotopic (exact) mass is 351 g/mol. The summed E-state index contributed by atoms with van der Waals surface area (Å²) in [5.41, 5.74) is 1.39. The second-order valence-electron chi connectivity index (χ2n) is 5.71. The molecule has 1 fully saturated rings. The molecule has 0 unspecified atom stereocenters. The molecule has 132 valence electrons. The molecule has 25 heavy (non-hydrogen) atoms. The molecule has 1 amide bonds. The summed E-state index contributed by atoms with van der Waals surface area (Å²) in [7, 11) is 1.69. The first-order chi connectivity index (χ1) is 11.8. The van der Waals surface area contributed by atoms with E-state index in [1.54, 1.807) is 19.2 Å². The Hall–Kier alpha value is -2.77. The summed E-state index contributed by atoms with van der Waals surface area (Å²) in [6.45, 7) is 0. The van der Waals surface area contributed by atoms with E-state index >= 15 is 0 Å². The Morgan fingerprint density at radius 1 is 1.12 bits per heavy atom. The normalized spacial score (nSPS) is 14.1. The minimum atomic E-state index is -4.72. The molecule has 0 atom stereocenters. The summed E-state index contributed by atoms with van der Waals surface area (Å²) < 4.78 is 40.6. The number of rotatable bonds is 5. The van der Waals surface area contributed by atoms with E-state index in [4.69, 9.17) is 0 Å². The highest BCUT2D eigenvalue weighted by atomic mass is 19.4. The lowest BCUT2D eigenvalue weighted by Gasteiger charge is -2.11. The topological polar surface area (TPSA) is 63.2 Å². The van der Waals surface area contributed by atoms with Crippen molar-refractivity contribution >= 4 is 17.5 Å². The molecule has 0 spiro atoms. The predicted molar refractivity (Wildman–Crippen MR) is 87.3 cm³/mol. The molecule has 3 rings (SSSR count). The molecule has 1 aromatic heterocycles. The van der Waals surface area contributed by atoms with Crippen molar-refractivity contribution in [2.45, 2.75) is 19.2 Å². The van der Waals surface area contributed by atoms with Crippen molar-refractivity contribution < 1.29 is 22.7 Å². The van der Waals surface area contributed by atoms with Crippen LogP contribution in [0.5, 0.6) is 5.75 Å². The maximum Gasteiger partial charge on any atom is 0.573 e. The van der Waals surface area contributed by atoms with Gasteiger partial charge in [0.15, 0.2) is 0 Å². The number of hydrogen-bond donors (Lipinski definition) is 2. The molecule has 0 radical (unpaired) electrons. The molecule has 0 saturated heterocycles. The minimum Gasteiger partial charge on any atom is -0.406 e. The molecule has 2 aromatic rings. The number of halogens is 3. The number of carbonyl (C=O) groups is 1. The largest absolute Gasteiger partial charge is 0.573 e. The summed E-state index contributed by atoms with van der Waals surface area (Å²) in [6, 6.07) is 8.94. The highest BCUT2D eigenvalue weighted by Crippen LogP contribution is 2.32. The molecule has 0 bridgehead atoms. The Bertz CT molecular complexity index is 772. The van der Waals surface area contributed by atoms with Crippen LogP contribution in [-0.4, -0.2) is 24.3 Å². The van der Waals surface area contributed by atoms with Crippen LogP contribution in [0.2, 0.25) is 0 Å². The molecule has 1 aliphatic rings. The smallest absolute Gasteiger partial charge is 0.406 e. The standard InChI is InChI=1S/C17H16F3N3O2/c1-21-14-8-12(9-15(22-14)23-16(24)11-2-3-11)10-4-6-13(7-5-10)25-17(18,19)20/h4-9,11H,2-3H2,1H3,(H2,21,22,23,24). The van der Waals surface area contributed by atoms with Crippen LogP contribution in [0.25, 0.3) is 11.1 Å². The van der Waals surface area contributed by atoms with Gasteiger partial charge in [0.05, 0.1) is 0 Å². The van der Waals surface area contributed by atoms with Gasteiger partial charge < -0.3 is 15.4 Å². The highest BCUT2D eigenvalue weighted by molar-refractivity contribution is 5.94. The fourth-order valence-corrected chi connectivity index (χ4v) is 2.31. The van der Waals surface area contributed by atoms with Crippen molar-refractivity contribution in [1.29, 1.82) is 0 Å². The van der Waals surface area contributed by atoms with Gasteiger partial charge in [-0.1, -0.05) is 12.1 Å². The molecule has 1 aromatic carbocycles. The summed E-state index contributed by atoms with van der Waals surface area (Å²) in [6.07, 6.45) is -2.96. The average Bonchev–Trinajstić information content (AvgIpc) is 3.38. The van der Waals surface area contributed by atoms with E-state index in [1.807, 2.05) is 0 Å². The molecule has 1 saturated carbocycles. The maximum absolute atomic E-state index is 12.2. The van der Waals surface area contributed by atoms with Gasteiger partial charge in [0.1, 0.15) is 17.4 Å². The maximum atomic E-state index is 12.2. The fourth-order valence-electron chi connectivity index (χ4n) is 2.31. The van der Waals surface area contributed by atoms with E-state index in [1.165, 1.54) is 24.3 Å². The number of amides is 1. The van der Waals surface area contributed by atoms with Crippen LogP contribution in [-0.2, 0) is 4.79 Å². The van der Waals surface area contributed by atoms with Gasteiger partial charge in [-0.25, -0.2) is 4.98 Å². The molecule has 0 aliphatic heterocycles. The second-order valence-corrected chi connectivity index (χ2v) is 5.71. The van der Waals surface area contributed by atoms with Crippen molar-refractivity contribution in [3.05, 3.63) is 36.4 Å². The van der Waals surface area contributed by atoms with Crippen molar-refractivity contribution in [2.75, 3.05) is 17.7 Å². The number of benzene rings is 1. The van der Waals surface area contributed by atoms with E-state index in [-0.39, 0.29) is 17.6 Å². The third-order valence-electron chi connectivity index (χ3n) is 3.70. The molecule has 8 heteroatoms. The van der Waals surface area contributed by atoms with Gasteiger partial charge in [0.2, 0.25) is 5.91 Å². The van der Waals surface area contributed by atoms with Crippen molar-refractivity contribution in [1.82, 2.24) is 4.98 Å². The Labute approximate surface area is 142 Å². The summed E-state index contributed by atoms with van der Waals surface area (Å²) >= 11 is 0. The first-order valence-electron chi connectivity index (χ1n) is 7.71. The van der Waals surface area contributed by atoms with Gasteiger partial charge in [0, 0.05) is 13.0 Å². The minimum absolute atomic E-state index is 0.0438. The SMILES string of the molecule is CNc1cc(-c2ccc(OC(F)(F)F)cc2)cc(NC(=O)C2CC2)n1. The van der Waals surface area contributed by atoms with Gasteiger partial charge >= 0.3 is 6.36 Å². The van der Waals surface area contributed by atoms with E-state index < -0.39 is 6.36 Å². The van der Waals surface area contributed by atoms with Gasteiger partial charge in [-0.2, -0.15) is 0 Å². The molecular formula is C17H16F3N3O2. The van der Waals surface area contributed by atoms with E-state index in [9.17, 15) is 18.0 Å². The van der Waals surface area contributed by atoms with Crippen LogP contribution in [0.15, 0.2) is 36.4 Å². The number of alkyl halides is 3. The first kappa shape index (κ1) is 17.1. The molecule has 2 N–H and O–H groups in total. The third kappa shape index (κ3) is 4.62. The molecule has 5 nitrogen and oxygen atoms in total. The summed E-state index contributed by atoms with van der Waals surface area (Å²) in [5, 5.41) is 5.67. The molecule has 1 heterocycles. The lowest BCUT2D eigenvalue weighted by Crippen LogP contribution is -2.16. The number of carbonyl (C=O) groups excluding carboxylic acids is 1. The number of nitrogens with one attached hydrogen (secondary N) is 2. The predicted octanol–water partition coefficient (Wildman–Crippen LogP) is 4.04. The van der Waals surface area contributed by atoms with Gasteiger partial charge in [-0.3, -0.25) is 4.79 Å². The van der Waals surface area contributed by atoms with E-state index in [2.05, 4.69) is 20.4 Å². The second kappa shape index (κ2) is 6.62. The lowest BCUT2D eigenvalue weighted by molar-refractivity contribution is -0.274. The van der Waals surface area contributed by atoms with Crippen molar-refractivity contribution in [3.63, 3.8) is 0 Å². The van der Waals surface area contributed by atoms with Crippen molar-refractivity contribution in [3.8, 4) is 16.9 Å². The number of pyridine rings is 1. The van der Waals surface area contributed by atoms with E-state index in [0.29, 0.717) is 22.8 Å². The number of hydrogen-bond acceptors (Lipinski definition) is 4. The number of aromatic nitrogens is 1. The van der Waals surface area contributed by atoms with Gasteiger partial charge in [0.25, 0.3) is 0 Å². The first-order valence-corrected chi connectivity index (χ1v) is 7.71. The number of ether oxygens (including phenoxy) is 1. The lowest BCUT2D eigenvalue weighted by atomic mass is 10.1. The van der Waals surface area contributed by atoms with Gasteiger partial charge in [-0.05, 0) is 48.2 Å².